The standard InChI is InChI=1S/C12H21N3O/c1-2-3-8-15-11(16)10-4-6-12(14,9-13)7-5-10/h10H,2-8,14H2,1H3,(H,15,16). The molecule has 0 aromatic carbocycles. The molecule has 0 atom stereocenters. The molecule has 1 amide bonds. The smallest absolute Gasteiger partial charge is 0.223 e. The Morgan fingerprint density at radius 2 is 2.19 bits per heavy atom. The highest BCUT2D eigenvalue weighted by Crippen LogP contribution is 2.29. The second-order valence-corrected chi connectivity index (χ2v) is 4.69. The lowest BCUT2D eigenvalue weighted by atomic mass is 9.77. The average Bonchev–Trinajstić information content (AvgIpc) is 2.30. The van der Waals surface area contributed by atoms with Gasteiger partial charge in [0.1, 0.15) is 5.54 Å². The first-order valence-corrected chi connectivity index (χ1v) is 6.09. The summed E-state index contributed by atoms with van der Waals surface area (Å²) in [5, 5.41) is 11.8. The number of unbranched alkanes of at least 4 members (excludes halogenated alkanes) is 1. The van der Waals surface area contributed by atoms with Gasteiger partial charge in [-0.3, -0.25) is 4.79 Å². The minimum Gasteiger partial charge on any atom is -0.356 e. The zero-order valence-corrected chi connectivity index (χ0v) is 9.96. The second-order valence-electron chi connectivity index (χ2n) is 4.69. The maximum Gasteiger partial charge on any atom is 0.223 e. The molecule has 1 saturated carbocycles. The molecule has 1 rings (SSSR count). The van der Waals surface area contributed by atoms with E-state index in [0.717, 1.165) is 32.2 Å². The van der Waals surface area contributed by atoms with Crippen LogP contribution >= 0.6 is 0 Å². The Kier molecular flexibility index (Phi) is 4.75. The van der Waals surface area contributed by atoms with Gasteiger partial charge in [0, 0.05) is 12.5 Å². The topological polar surface area (TPSA) is 78.9 Å². The molecule has 0 heterocycles. The number of nitrogens with zero attached hydrogens (tertiary/aromatic N) is 1. The van der Waals surface area contributed by atoms with E-state index in [1.54, 1.807) is 0 Å². The summed E-state index contributed by atoms with van der Waals surface area (Å²) in [5.74, 6) is 0.190. The molecule has 0 bridgehead atoms. The predicted molar refractivity (Wildman–Crippen MR) is 62.4 cm³/mol. The van der Waals surface area contributed by atoms with Gasteiger partial charge >= 0.3 is 0 Å². The van der Waals surface area contributed by atoms with E-state index in [4.69, 9.17) is 11.0 Å². The summed E-state index contributed by atoms with van der Waals surface area (Å²) in [6.07, 6.45) is 4.86. The van der Waals surface area contributed by atoms with Crippen LogP contribution in [0.4, 0.5) is 0 Å². The predicted octanol–water partition coefficient (Wildman–Crippen LogP) is 1.31. The minimum atomic E-state index is -0.694. The van der Waals surface area contributed by atoms with E-state index in [1.807, 2.05) is 0 Å². The molecule has 3 N–H and O–H groups in total. The molecule has 0 aromatic heterocycles. The van der Waals surface area contributed by atoms with Gasteiger partial charge in [0.25, 0.3) is 0 Å². The molecule has 0 aliphatic heterocycles. The molecule has 4 nitrogen and oxygen atoms in total. The molecule has 0 saturated heterocycles. The Morgan fingerprint density at radius 3 is 2.69 bits per heavy atom. The van der Waals surface area contributed by atoms with Gasteiger partial charge in [-0.2, -0.15) is 5.26 Å². The molecule has 1 fully saturated rings. The van der Waals surface area contributed by atoms with Crippen molar-refractivity contribution in [3.05, 3.63) is 0 Å². The van der Waals surface area contributed by atoms with Gasteiger partial charge < -0.3 is 11.1 Å². The van der Waals surface area contributed by atoms with Crippen LogP contribution in [0, 0.1) is 17.2 Å². The molecule has 0 aromatic rings. The van der Waals surface area contributed by atoms with Crippen LogP contribution < -0.4 is 11.1 Å². The van der Waals surface area contributed by atoms with Crippen LogP contribution in [0.3, 0.4) is 0 Å². The van der Waals surface area contributed by atoms with Gasteiger partial charge in [0.15, 0.2) is 0 Å². The lowest BCUT2D eigenvalue weighted by Crippen LogP contribution is -2.44. The quantitative estimate of drug-likeness (QED) is 0.705. The Balaban J connectivity index is 2.31. The maximum absolute atomic E-state index is 11.7. The monoisotopic (exact) mass is 223 g/mol. The van der Waals surface area contributed by atoms with Crippen molar-refractivity contribution in [3.8, 4) is 6.07 Å². The number of carbonyl (C=O) groups is 1. The first-order chi connectivity index (χ1) is 7.61. The molecule has 0 unspecified atom stereocenters. The molecule has 0 spiro atoms. The highest BCUT2D eigenvalue weighted by atomic mass is 16.1. The fourth-order valence-corrected chi connectivity index (χ4v) is 2.04. The first-order valence-electron chi connectivity index (χ1n) is 6.09. The van der Waals surface area contributed by atoms with Crippen molar-refractivity contribution in [1.82, 2.24) is 5.32 Å². The molecular formula is C12H21N3O. The highest BCUT2D eigenvalue weighted by Gasteiger charge is 2.34. The Bertz CT molecular complexity index is 274. The number of rotatable bonds is 4. The van der Waals surface area contributed by atoms with E-state index in [1.165, 1.54) is 0 Å². The lowest BCUT2D eigenvalue weighted by molar-refractivity contribution is -0.126. The fourth-order valence-electron chi connectivity index (χ4n) is 2.04. The molecule has 90 valence electrons. The Morgan fingerprint density at radius 1 is 1.56 bits per heavy atom. The van der Waals surface area contributed by atoms with Crippen LogP contribution in [0.25, 0.3) is 0 Å². The summed E-state index contributed by atoms with van der Waals surface area (Å²) in [4.78, 5) is 11.7. The average molecular weight is 223 g/mol. The Hall–Kier alpha value is -1.08. The fraction of sp³-hybridized carbons (Fsp3) is 0.833. The third kappa shape index (κ3) is 3.49. The van der Waals surface area contributed by atoms with E-state index < -0.39 is 5.54 Å². The largest absolute Gasteiger partial charge is 0.356 e. The van der Waals surface area contributed by atoms with E-state index in [2.05, 4.69) is 18.3 Å². The lowest BCUT2D eigenvalue weighted by Gasteiger charge is -2.30. The summed E-state index contributed by atoms with van der Waals surface area (Å²) in [5.41, 5.74) is 5.16. The van der Waals surface area contributed by atoms with Gasteiger partial charge in [0.05, 0.1) is 6.07 Å². The van der Waals surface area contributed by atoms with Gasteiger partial charge in [-0.15, -0.1) is 0 Å². The number of carbonyl (C=O) groups excluding carboxylic acids is 1. The van der Waals surface area contributed by atoms with Crippen LogP contribution in [0.2, 0.25) is 0 Å². The van der Waals surface area contributed by atoms with Crippen molar-refractivity contribution in [3.63, 3.8) is 0 Å². The number of nitrogens with one attached hydrogen (secondary N) is 1. The summed E-state index contributed by atoms with van der Waals surface area (Å²) in [6, 6.07) is 2.14. The van der Waals surface area contributed by atoms with Crippen LogP contribution in [-0.4, -0.2) is 18.0 Å². The number of amides is 1. The second kappa shape index (κ2) is 5.86. The van der Waals surface area contributed by atoms with Gasteiger partial charge in [-0.25, -0.2) is 0 Å². The maximum atomic E-state index is 11.7. The molecule has 0 radical (unpaired) electrons. The molecule has 4 heteroatoms. The summed E-state index contributed by atoms with van der Waals surface area (Å²) in [6.45, 7) is 2.86. The normalized spacial score (nSPS) is 29.4. The van der Waals surface area contributed by atoms with Crippen LogP contribution in [0.5, 0.6) is 0 Å². The van der Waals surface area contributed by atoms with Crippen molar-refractivity contribution in [2.75, 3.05) is 6.54 Å². The van der Waals surface area contributed by atoms with Crippen molar-refractivity contribution in [2.45, 2.75) is 51.0 Å². The summed E-state index contributed by atoms with van der Waals surface area (Å²) in [7, 11) is 0. The number of nitrogens with two attached hydrogens (primary N) is 1. The summed E-state index contributed by atoms with van der Waals surface area (Å²) < 4.78 is 0. The third-order valence-corrected chi connectivity index (χ3v) is 3.30. The van der Waals surface area contributed by atoms with Crippen molar-refractivity contribution in [2.24, 2.45) is 11.7 Å². The van der Waals surface area contributed by atoms with E-state index in [0.29, 0.717) is 12.8 Å². The van der Waals surface area contributed by atoms with Crippen LogP contribution in [0.15, 0.2) is 0 Å². The number of hydrogen-bond acceptors (Lipinski definition) is 3. The molecule has 1 aliphatic carbocycles. The SMILES string of the molecule is CCCCNC(=O)C1CCC(N)(C#N)CC1. The molecule has 16 heavy (non-hydrogen) atoms. The first kappa shape index (κ1) is 13.0. The highest BCUT2D eigenvalue weighted by molar-refractivity contribution is 5.78. The van der Waals surface area contributed by atoms with E-state index >= 15 is 0 Å². The minimum absolute atomic E-state index is 0.0573. The summed E-state index contributed by atoms with van der Waals surface area (Å²) >= 11 is 0. The van der Waals surface area contributed by atoms with E-state index in [9.17, 15) is 4.79 Å². The van der Waals surface area contributed by atoms with Gasteiger partial charge in [-0.1, -0.05) is 13.3 Å². The zero-order valence-electron chi connectivity index (χ0n) is 9.96. The van der Waals surface area contributed by atoms with Gasteiger partial charge in [0.2, 0.25) is 5.91 Å². The van der Waals surface area contributed by atoms with Crippen molar-refractivity contribution in [1.29, 1.82) is 5.26 Å². The number of hydrogen-bond donors (Lipinski definition) is 2. The van der Waals surface area contributed by atoms with Crippen LogP contribution in [0.1, 0.15) is 45.4 Å². The van der Waals surface area contributed by atoms with Crippen molar-refractivity contribution >= 4 is 5.91 Å². The van der Waals surface area contributed by atoms with E-state index in [-0.39, 0.29) is 11.8 Å². The van der Waals surface area contributed by atoms with Crippen LogP contribution in [-0.2, 0) is 4.79 Å². The number of nitriles is 1. The molecular weight excluding hydrogens is 202 g/mol. The Labute approximate surface area is 97.2 Å². The van der Waals surface area contributed by atoms with Crippen molar-refractivity contribution < 1.29 is 4.79 Å². The zero-order chi connectivity index (χ0) is 12.0. The molecule has 1 aliphatic rings. The third-order valence-electron chi connectivity index (χ3n) is 3.30. The van der Waals surface area contributed by atoms with Gasteiger partial charge in [-0.05, 0) is 32.1 Å².